The van der Waals surface area contributed by atoms with Gasteiger partial charge in [0.2, 0.25) is 5.91 Å². The molecule has 1 heterocycles. The van der Waals surface area contributed by atoms with E-state index in [2.05, 4.69) is 10.3 Å². The third kappa shape index (κ3) is 3.53. The molecule has 18 heavy (non-hydrogen) atoms. The average molecular weight is 247 g/mol. The van der Waals surface area contributed by atoms with Crippen LogP contribution in [0, 0.1) is 5.92 Å². The summed E-state index contributed by atoms with van der Waals surface area (Å²) in [6.07, 6.45) is 8.58. The summed E-state index contributed by atoms with van der Waals surface area (Å²) in [5.41, 5.74) is 7.14. The maximum absolute atomic E-state index is 12.0. The first-order valence-electron chi connectivity index (χ1n) is 6.69. The molecular formula is C14H21N3O. The molecule has 3 N–H and O–H groups in total. The molecule has 1 saturated carbocycles. The SMILES string of the molecule is NC1CCCCC1C(=O)NCCc1cccnc1. The average Bonchev–Trinajstić information content (AvgIpc) is 2.40. The van der Waals surface area contributed by atoms with Gasteiger partial charge in [0.25, 0.3) is 0 Å². The van der Waals surface area contributed by atoms with Gasteiger partial charge in [-0.25, -0.2) is 0 Å². The van der Waals surface area contributed by atoms with Crippen LogP contribution in [-0.4, -0.2) is 23.5 Å². The van der Waals surface area contributed by atoms with Crippen LogP contribution < -0.4 is 11.1 Å². The fraction of sp³-hybridized carbons (Fsp3) is 0.571. The summed E-state index contributed by atoms with van der Waals surface area (Å²) >= 11 is 0. The van der Waals surface area contributed by atoms with E-state index in [1.165, 1.54) is 0 Å². The van der Waals surface area contributed by atoms with Crippen LogP contribution in [0.1, 0.15) is 31.2 Å². The summed E-state index contributed by atoms with van der Waals surface area (Å²) in [6, 6.07) is 3.97. The first kappa shape index (κ1) is 13.0. The van der Waals surface area contributed by atoms with E-state index < -0.39 is 0 Å². The van der Waals surface area contributed by atoms with Gasteiger partial charge in [-0.1, -0.05) is 18.9 Å². The van der Waals surface area contributed by atoms with Crippen LogP contribution in [0.25, 0.3) is 0 Å². The lowest BCUT2D eigenvalue weighted by atomic mass is 9.84. The Bertz CT molecular complexity index is 380. The first-order chi connectivity index (χ1) is 8.77. The highest BCUT2D eigenvalue weighted by atomic mass is 16.1. The number of pyridine rings is 1. The molecule has 4 nitrogen and oxygen atoms in total. The van der Waals surface area contributed by atoms with Gasteiger partial charge in [-0.2, -0.15) is 0 Å². The Morgan fingerprint density at radius 2 is 2.28 bits per heavy atom. The Hall–Kier alpha value is -1.42. The van der Waals surface area contributed by atoms with Crippen molar-refractivity contribution in [1.29, 1.82) is 0 Å². The Morgan fingerprint density at radius 1 is 1.44 bits per heavy atom. The van der Waals surface area contributed by atoms with Gasteiger partial charge in [0.05, 0.1) is 5.92 Å². The van der Waals surface area contributed by atoms with E-state index in [4.69, 9.17) is 5.73 Å². The van der Waals surface area contributed by atoms with E-state index in [-0.39, 0.29) is 17.9 Å². The van der Waals surface area contributed by atoms with Gasteiger partial charge in [0.1, 0.15) is 0 Å². The standard InChI is InChI=1S/C14H21N3O/c15-13-6-2-1-5-12(13)14(18)17-9-7-11-4-3-8-16-10-11/h3-4,8,10,12-13H,1-2,5-7,9,15H2,(H,17,18). The molecule has 2 unspecified atom stereocenters. The quantitative estimate of drug-likeness (QED) is 0.841. The van der Waals surface area contributed by atoms with Crippen molar-refractivity contribution in [3.05, 3.63) is 30.1 Å². The van der Waals surface area contributed by atoms with Gasteiger partial charge in [0, 0.05) is 25.0 Å². The number of amides is 1. The molecule has 1 aromatic rings. The summed E-state index contributed by atoms with van der Waals surface area (Å²) in [5, 5.41) is 2.98. The van der Waals surface area contributed by atoms with Crippen LogP contribution in [0.2, 0.25) is 0 Å². The van der Waals surface area contributed by atoms with Crippen molar-refractivity contribution in [1.82, 2.24) is 10.3 Å². The van der Waals surface area contributed by atoms with Crippen molar-refractivity contribution in [2.45, 2.75) is 38.1 Å². The smallest absolute Gasteiger partial charge is 0.224 e. The highest BCUT2D eigenvalue weighted by Crippen LogP contribution is 2.22. The molecule has 0 bridgehead atoms. The molecule has 0 radical (unpaired) electrons. The second-order valence-electron chi connectivity index (χ2n) is 4.96. The van der Waals surface area contributed by atoms with E-state index in [1.54, 1.807) is 6.20 Å². The first-order valence-corrected chi connectivity index (χ1v) is 6.69. The lowest BCUT2D eigenvalue weighted by molar-refractivity contribution is -0.126. The zero-order chi connectivity index (χ0) is 12.8. The molecule has 0 spiro atoms. The zero-order valence-corrected chi connectivity index (χ0v) is 10.6. The largest absolute Gasteiger partial charge is 0.355 e. The second kappa shape index (κ2) is 6.50. The van der Waals surface area contributed by atoms with Gasteiger partial charge in [-0.15, -0.1) is 0 Å². The fourth-order valence-electron chi connectivity index (χ4n) is 2.49. The van der Waals surface area contributed by atoms with Crippen LogP contribution in [0.4, 0.5) is 0 Å². The summed E-state index contributed by atoms with van der Waals surface area (Å²) < 4.78 is 0. The topological polar surface area (TPSA) is 68.0 Å². The van der Waals surface area contributed by atoms with Crippen molar-refractivity contribution >= 4 is 5.91 Å². The second-order valence-corrected chi connectivity index (χ2v) is 4.96. The van der Waals surface area contributed by atoms with E-state index in [0.717, 1.165) is 37.7 Å². The van der Waals surface area contributed by atoms with Crippen molar-refractivity contribution < 1.29 is 4.79 Å². The highest BCUT2D eigenvalue weighted by molar-refractivity contribution is 5.79. The Balaban J connectivity index is 1.74. The molecule has 0 aromatic carbocycles. The fourth-order valence-corrected chi connectivity index (χ4v) is 2.49. The molecule has 1 aliphatic carbocycles. The molecule has 2 rings (SSSR count). The number of hydrogen-bond acceptors (Lipinski definition) is 3. The van der Waals surface area contributed by atoms with Gasteiger partial charge in [0.15, 0.2) is 0 Å². The number of carbonyl (C=O) groups is 1. The minimum absolute atomic E-state index is 0.00708. The van der Waals surface area contributed by atoms with Crippen LogP contribution in [0.5, 0.6) is 0 Å². The molecule has 98 valence electrons. The van der Waals surface area contributed by atoms with Crippen molar-refractivity contribution in [2.75, 3.05) is 6.54 Å². The number of carbonyl (C=O) groups excluding carboxylic acids is 1. The van der Waals surface area contributed by atoms with E-state index in [1.807, 2.05) is 18.3 Å². The van der Waals surface area contributed by atoms with Crippen LogP contribution in [0.15, 0.2) is 24.5 Å². The lowest BCUT2D eigenvalue weighted by Gasteiger charge is -2.27. The summed E-state index contributed by atoms with van der Waals surface area (Å²) in [5.74, 6) is 0.124. The van der Waals surface area contributed by atoms with Crippen LogP contribution >= 0.6 is 0 Å². The molecule has 1 fully saturated rings. The molecular weight excluding hydrogens is 226 g/mol. The van der Waals surface area contributed by atoms with Gasteiger partial charge in [-0.3, -0.25) is 9.78 Å². The Labute approximate surface area is 108 Å². The van der Waals surface area contributed by atoms with E-state index in [0.29, 0.717) is 6.54 Å². The summed E-state index contributed by atoms with van der Waals surface area (Å²) in [7, 11) is 0. The van der Waals surface area contributed by atoms with Gasteiger partial charge in [-0.05, 0) is 30.9 Å². The van der Waals surface area contributed by atoms with Crippen LogP contribution in [0.3, 0.4) is 0 Å². The molecule has 1 amide bonds. The zero-order valence-electron chi connectivity index (χ0n) is 10.6. The summed E-state index contributed by atoms with van der Waals surface area (Å²) in [4.78, 5) is 16.0. The summed E-state index contributed by atoms with van der Waals surface area (Å²) in [6.45, 7) is 0.660. The Kier molecular flexibility index (Phi) is 4.70. The van der Waals surface area contributed by atoms with Gasteiger partial charge < -0.3 is 11.1 Å². The van der Waals surface area contributed by atoms with Crippen LogP contribution in [-0.2, 0) is 11.2 Å². The third-order valence-corrected chi connectivity index (χ3v) is 3.59. The molecule has 2 atom stereocenters. The molecule has 1 aromatic heterocycles. The maximum Gasteiger partial charge on any atom is 0.224 e. The van der Waals surface area contributed by atoms with Crippen molar-refractivity contribution in [3.8, 4) is 0 Å². The number of nitrogens with one attached hydrogen (secondary N) is 1. The highest BCUT2D eigenvalue weighted by Gasteiger charge is 2.27. The number of aromatic nitrogens is 1. The predicted octanol–water partition coefficient (Wildman–Crippen LogP) is 1.26. The molecule has 1 aliphatic rings. The van der Waals surface area contributed by atoms with Crippen molar-refractivity contribution in [3.63, 3.8) is 0 Å². The van der Waals surface area contributed by atoms with E-state index >= 15 is 0 Å². The minimum Gasteiger partial charge on any atom is -0.355 e. The maximum atomic E-state index is 12.0. The minimum atomic E-state index is 0.00708. The predicted molar refractivity (Wildman–Crippen MR) is 70.9 cm³/mol. The molecule has 0 aliphatic heterocycles. The number of nitrogens with two attached hydrogens (primary N) is 1. The molecule has 0 saturated heterocycles. The lowest BCUT2D eigenvalue weighted by Crippen LogP contribution is -2.44. The van der Waals surface area contributed by atoms with Gasteiger partial charge >= 0.3 is 0 Å². The molecule has 4 heteroatoms. The van der Waals surface area contributed by atoms with E-state index in [9.17, 15) is 4.79 Å². The van der Waals surface area contributed by atoms with Crippen molar-refractivity contribution in [2.24, 2.45) is 11.7 Å². The third-order valence-electron chi connectivity index (χ3n) is 3.59. The number of hydrogen-bond donors (Lipinski definition) is 2. The Morgan fingerprint density at radius 3 is 3.00 bits per heavy atom. The monoisotopic (exact) mass is 247 g/mol. The number of rotatable bonds is 4. The normalized spacial score (nSPS) is 23.6. The number of nitrogens with zero attached hydrogens (tertiary/aromatic N) is 1.